The van der Waals surface area contributed by atoms with Gasteiger partial charge in [0.1, 0.15) is 11.1 Å². The lowest BCUT2D eigenvalue weighted by molar-refractivity contribution is 0.410. The predicted octanol–water partition coefficient (Wildman–Crippen LogP) is 3.64. The molecule has 0 aliphatic heterocycles. The minimum atomic E-state index is -0.321. The number of alkyl halides is 1. The summed E-state index contributed by atoms with van der Waals surface area (Å²) in [5.41, 5.74) is 0.824. The molecule has 0 saturated carbocycles. The van der Waals surface area contributed by atoms with Gasteiger partial charge in [-0.15, -0.1) is 16.7 Å². The van der Waals surface area contributed by atoms with E-state index in [0.717, 1.165) is 5.56 Å². The van der Waals surface area contributed by atoms with Gasteiger partial charge < -0.3 is 14.5 Å². The number of rotatable bonds is 5. The lowest BCUT2D eigenvalue weighted by Crippen LogP contribution is -2.02. The van der Waals surface area contributed by atoms with E-state index in [1.807, 2.05) is 12.1 Å². The summed E-state index contributed by atoms with van der Waals surface area (Å²) in [6, 6.07) is 5.75. The number of anilines is 1. The summed E-state index contributed by atoms with van der Waals surface area (Å²) in [6.07, 6.45) is 0. The zero-order valence-corrected chi connectivity index (χ0v) is 12.0. The predicted molar refractivity (Wildman–Crippen MR) is 73.9 cm³/mol. The smallest absolute Gasteiger partial charge is 0.315 e. The summed E-state index contributed by atoms with van der Waals surface area (Å²) in [7, 11) is 1.59. The highest BCUT2D eigenvalue weighted by Crippen LogP contribution is 2.27. The first-order valence-electron chi connectivity index (χ1n) is 5.64. The third kappa shape index (κ3) is 3.30. The summed E-state index contributed by atoms with van der Waals surface area (Å²) in [5.74, 6) is 1.07. The van der Waals surface area contributed by atoms with Gasteiger partial charge in [0, 0.05) is 17.1 Å². The van der Waals surface area contributed by atoms with Gasteiger partial charge in [0.2, 0.25) is 5.89 Å². The van der Waals surface area contributed by atoms with Crippen molar-refractivity contribution in [1.29, 1.82) is 0 Å². The highest BCUT2D eigenvalue weighted by atomic mass is 35.5. The van der Waals surface area contributed by atoms with E-state index in [1.165, 1.54) is 0 Å². The molecule has 0 spiro atoms. The van der Waals surface area contributed by atoms with Gasteiger partial charge in [0.25, 0.3) is 0 Å². The van der Waals surface area contributed by atoms with Crippen LogP contribution < -0.4 is 10.1 Å². The molecule has 0 aliphatic carbocycles. The molecule has 7 heteroatoms. The van der Waals surface area contributed by atoms with Crippen LogP contribution in [0.2, 0.25) is 5.02 Å². The second kappa shape index (κ2) is 6.12. The topological polar surface area (TPSA) is 60.2 Å². The summed E-state index contributed by atoms with van der Waals surface area (Å²) < 4.78 is 10.6. The fraction of sp³-hybridized carbons (Fsp3) is 0.333. The molecule has 0 radical (unpaired) electrons. The standard InChI is InChI=1S/C12H13Cl2N3O2/c1-7(13)11-16-17-12(19-11)15-6-8-9(14)4-3-5-10(8)18-2/h3-5,7H,6H2,1-2H3,(H,15,17). The van der Waals surface area contributed by atoms with E-state index in [0.29, 0.717) is 29.2 Å². The number of hydrogen-bond donors (Lipinski definition) is 1. The average molecular weight is 302 g/mol. The van der Waals surface area contributed by atoms with Crippen molar-refractivity contribution in [1.82, 2.24) is 10.2 Å². The van der Waals surface area contributed by atoms with E-state index in [1.54, 1.807) is 20.1 Å². The molecule has 19 heavy (non-hydrogen) atoms. The van der Waals surface area contributed by atoms with E-state index in [2.05, 4.69) is 15.5 Å². The van der Waals surface area contributed by atoms with Crippen LogP contribution in [0, 0.1) is 0 Å². The van der Waals surface area contributed by atoms with Crippen LogP contribution in [-0.2, 0) is 6.54 Å². The monoisotopic (exact) mass is 301 g/mol. The molecular formula is C12H13Cl2N3O2. The van der Waals surface area contributed by atoms with Crippen LogP contribution in [0.3, 0.4) is 0 Å². The molecule has 0 saturated heterocycles. The van der Waals surface area contributed by atoms with E-state index >= 15 is 0 Å². The molecule has 1 heterocycles. The first-order valence-corrected chi connectivity index (χ1v) is 6.46. The largest absolute Gasteiger partial charge is 0.496 e. The van der Waals surface area contributed by atoms with Crippen molar-refractivity contribution in [3.05, 3.63) is 34.7 Å². The number of halogens is 2. The molecule has 2 rings (SSSR count). The molecule has 1 atom stereocenters. The van der Waals surface area contributed by atoms with E-state index in [4.69, 9.17) is 32.4 Å². The zero-order chi connectivity index (χ0) is 13.8. The molecule has 1 unspecified atom stereocenters. The molecule has 0 aliphatic rings. The zero-order valence-electron chi connectivity index (χ0n) is 10.5. The molecule has 1 aromatic carbocycles. The van der Waals surface area contributed by atoms with Crippen LogP contribution in [0.15, 0.2) is 22.6 Å². The second-order valence-electron chi connectivity index (χ2n) is 3.84. The molecule has 1 aromatic heterocycles. The van der Waals surface area contributed by atoms with E-state index in [-0.39, 0.29) is 5.38 Å². The number of benzene rings is 1. The Hall–Kier alpha value is -1.46. The first kappa shape index (κ1) is 14.0. The number of methoxy groups -OCH3 is 1. The van der Waals surface area contributed by atoms with Gasteiger partial charge in [-0.3, -0.25) is 0 Å². The molecule has 2 aromatic rings. The third-order valence-electron chi connectivity index (χ3n) is 2.49. The maximum absolute atomic E-state index is 6.12. The maximum Gasteiger partial charge on any atom is 0.315 e. The van der Waals surface area contributed by atoms with Crippen molar-refractivity contribution in [2.24, 2.45) is 0 Å². The number of ether oxygens (including phenoxy) is 1. The molecule has 1 N–H and O–H groups in total. The van der Waals surface area contributed by atoms with Crippen molar-refractivity contribution < 1.29 is 9.15 Å². The summed E-state index contributed by atoms with van der Waals surface area (Å²) in [6.45, 7) is 2.18. The highest BCUT2D eigenvalue weighted by Gasteiger charge is 2.12. The Labute approximate surface area is 120 Å². The normalized spacial score (nSPS) is 12.2. The van der Waals surface area contributed by atoms with Gasteiger partial charge in [-0.05, 0) is 19.1 Å². The van der Waals surface area contributed by atoms with Crippen molar-refractivity contribution >= 4 is 29.2 Å². The molecule has 0 bridgehead atoms. The Morgan fingerprint density at radius 2 is 2.21 bits per heavy atom. The lowest BCUT2D eigenvalue weighted by Gasteiger charge is -2.09. The molecular weight excluding hydrogens is 289 g/mol. The van der Waals surface area contributed by atoms with Crippen LogP contribution in [-0.4, -0.2) is 17.3 Å². The number of nitrogens with zero attached hydrogens (tertiary/aromatic N) is 2. The lowest BCUT2D eigenvalue weighted by atomic mass is 10.2. The molecule has 102 valence electrons. The molecule has 0 amide bonds. The Morgan fingerprint density at radius 1 is 1.42 bits per heavy atom. The van der Waals surface area contributed by atoms with Gasteiger partial charge in [-0.25, -0.2) is 0 Å². The SMILES string of the molecule is COc1cccc(Cl)c1CNc1nnc(C(C)Cl)o1. The number of aromatic nitrogens is 2. The fourth-order valence-corrected chi connectivity index (χ4v) is 1.85. The molecule has 5 nitrogen and oxygen atoms in total. The Morgan fingerprint density at radius 3 is 2.84 bits per heavy atom. The number of nitrogens with one attached hydrogen (secondary N) is 1. The van der Waals surface area contributed by atoms with Crippen LogP contribution in [0.5, 0.6) is 5.75 Å². The fourth-order valence-electron chi connectivity index (χ4n) is 1.53. The van der Waals surface area contributed by atoms with Crippen molar-refractivity contribution in [2.75, 3.05) is 12.4 Å². The quantitative estimate of drug-likeness (QED) is 0.854. The van der Waals surface area contributed by atoms with Gasteiger partial charge >= 0.3 is 6.01 Å². The van der Waals surface area contributed by atoms with Crippen molar-refractivity contribution in [3.63, 3.8) is 0 Å². The Bertz CT molecular complexity index is 558. The van der Waals surface area contributed by atoms with Gasteiger partial charge in [0.05, 0.1) is 7.11 Å². The summed E-state index contributed by atoms with van der Waals surface area (Å²) in [4.78, 5) is 0. The third-order valence-corrected chi connectivity index (χ3v) is 3.03. The Balaban J connectivity index is 2.09. The minimum absolute atomic E-state index is 0.296. The minimum Gasteiger partial charge on any atom is -0.496 e. The average Bonchev–Trinajstić information content (AvgIpc) is 2.86. The van der Waals surface area contributed by atoms with Crippen molar-refractivity contribution in [3.8, 4) is 5.75 Å². The van der Waals surface area contributed by atoms with Gasteiger partial charge in [-0.1, -0.05) is 22.8 Å². The van der Waals surface area contributed by atoms with Gasteiger partial charge in [0.15, 0.2) is 0 Å². The van der Waals surface area contributed by atoms with E-state index < -0.39 is 0 Å². The van der Waals surface area contributed by atoms with Crippen molar-refractivity contribution in [2.45, 2.75) is 18.8 Å². The van der Waals surface area contributed by atoms with E-state index in [9.17, 15) is 0 Å². The second-order valence-corrected chi connectivity index (χ2v) is 4.90. The van der Waals surface area contributed by atoms with Crippen LogP contribution in [0.25, 0.3) is 0 Å². The Kier molecular flexibility index (Phi) is 4.50. The highest BCUT2D eigenvalue weighted by molar-refractivity contribution is 6.31. The van der Waals surface area contributed by atoms with Gasteiger partial charge in [-0.2, -0.15) is 0 Å². The summed E-state index contributed by atoms with van der Waals surface area (Å²) >= 11 is 12.0. The van der Waals surface area contributed by atoms with Crippen LogP contribution in [0.1, 0.15) is 23.8 Å². The van der Waals surface area contributed by atoms with Crippen LogP contribution in [0.4, 0.5) is 6.01 Å². The van der Waals surface area contributed by atoms with Crippen LogP contribution >= 0.6 is 23.2 Å². The maximum atomic E-state index is 6.12. The number of hydrogen-bond acceptors (Lipinski definition) is 5. The first-order chi connectivity index (χ1) is 9.11. The summed E-state index contributed by atoms with van der Waals surface area (Å²) in [5, 5.41) is 10.9. The molecule has 0 fully saturated rings.